The predicted molar refractivity (Wildman–Crippen MR) is 129 cm³/mol. The minimum absolute atomic E-state index is 0. The SMILES string of the molecule is Brc1ccccc1P1C(c2ccccc2)=C1c1ccccc1.[C]=O.[C]=O.[C]=O.[C]=O.[C]=O.[W]. The third kappa shape index (κ3) is 10.2. The van der Waals surface area contributed by atoms with E-state index in [4.69, 9.17) is 24.0 Å². The van der Waals surface area contributed by atoms with Crippen molar-refractivity contribution >= 4 is 73.7 Å². The van der Waals surface area contributed by atoms with Crippen LogP contribution in [0.25, 0.3) is 10.6 Å². The van der Waals surface area contributed by atoms with Crippen LogP contribution in [0, 0.1) is 0 Å². The maximum atomic E-state index is 7.50. The van der Waals surface area contributed by atoms with E-state index >= 15 is 0 Å². The van der Waals surface area contributed by atoms with E-state index in [2.05, 4.69) is 135 Å². The molecule has 4 rings (SSSR count). The molecule has 3 aromatic carbocycles. The second-order valence-electron chi connectivity index (χ2n) is 5.22. The van der Waals surface area contributed by atoms with Gasteiger partial charge in [-0.1, -0.05) is 94.8 Å². The van der Waals surface area contributed by atoms with Gasteiger partial charge in [0.25, 0.3) is 33.9 Å². The van der Waals surface area contributed by atoms with Gasteiger partial charge in [-0.3, -0.25) is 24.0 Å². The van der Waals surface area contributed by atoms with E-state index in [0.29, 0.717) is 0 Å². The van der Waals surface area contributed by atoms with Crippen LogP contribution >= 0.6 is 23.9 Å². The Morgan fingerprint density at radius 2 is 0.788 bits per heavy atom. The maximum Gasteiger partial charge on any atom is 0.281 e. The molecule has 33 heavy (non-hydrogen) atoms. The Morgan fingerprint density at radius 1 is 0.485 bits per heavy atom. The molecule has 162 valence electrons. The van der Waals surface area contributed by atoms with Crippen LogP contribution < -0.4 is 5.30 Å². The van der Waals surface area contributed by atoms with Crippen LogP contribution in [0.15, 0.2) is 89.4 Å². The fraction of sp³-hybridized carbons (Fsp3) is 0. The van der Waals surface area contributed by atoms with Gasteiger partial charge >= 0.3 is 0 Å². The van der Waals surface area contributed by atoms with Crippen molar-refractivity contribution < 1.29 is 45.0 Å². The van der Waals surface area contributed by atoms with Gasteiger partial charge in [-0.2, -0.15) is 0 Å². The molecule has 0 bridgehead atoms. The first-order valence-corrected chi connectivity index (χ1v) is 10.4. The third-order valence-corrected chi connectivity index (χ3v) is 7.31. The van der Waals surface area contributed by atoms with Gasteiger partial charge in [0.2, 0.25) is 0 Å². The molecule has 0 N–H and O–H groups in total. The Hall–Kier alpha value is -2.65. The zero-order valence-electron chi connectivity index (χ0n) is 16.9. The van der Waals surface area contributed by atoms with Gasteiger partial charge in [0.15, 0.2) is 0 Å². The molecule has 0 spiro atoms. The summed E-state index contributed by atoms with van der Waals surface area (Å²) in [4.78, 5) is 37.5. The smallest absolute Gasteiger partial charge is 0.281 e. The van der Waals surface area contributed by atoms with Gasteiger partial charge in [-0.05, 0) is 30.4 Å². The summed E-state index contributed by atoms with van der Waals surface area (Å²) in [5.41, 5.74) is 2.70. The number of carbonyl (C=O) groups excluding carboxylic acids is 5. The van der Waals surface area contributed by atoms with Crippen molar-refractivity contribution in [1.82, 2.24) is 0 Å². The number of halogens is 1. The van der Waals surface area contributed by atoms with E-state index in [9.17, 15) is 0 Å². The van der Waals surface area contributed by atoms with Crippen molar-refractivity contribution in [3.05, 3.63) is 101 Å². The predicted octanol–water partition coefficient (Wildman–Crippen LogP) is 4.11. The molecule has 0 aliphatic carbocycles. The monoisotopic (exact) mass is 688 g/mol. The Morgan fingerprint density at radius 3 is 1.12 bits per heavy atom. The van der Waals surface area contributed by atoms with Crippen molar-refractivity contribution in [2.45, 2.75) is 0 Å². The zero-order chi connectivity index (χ0) is 24.9. The van der Waals surface area contributed by atoms with Crippen LogP contribution in [-0.4, -0.2) is 33.9 Å². The van der Waals surface area contributed by atoms with Crippen molar-refractivity contribution in [2.75, 3.05) is 0 Å². The van der Waals surface area contributed by atoms with E-state index in [1.54, 1.807) is 0 Å². The van der Waals surface area contributed by atoms with E-state index in [-0.39, 0.29) is 29.0 Å². The molecule has 5 nitrogen and oxygen atoms in total. The largest absolute Gasteiger partial charge is 0.281 e. The zero-order valence-corrected chi connectivity index (χ0v) is 22.3. The van der Waals surface area contributed by atoms with Gasteiger partial charge in [0.1, 0.15) is 0 Å². The molecule has 0 amide bonds. The first-order valence-electron chi connectivity index (χ1n) is 8.28. The quantitative estimate of drug-likeness (QED) is 0.387. The summed E-state index contributed by atoms with van der Waals surface area (Å²) in [6.07, 6.45) is 0. The third-order valence-electron chi connectivity index (χ3n) is 3.81. The Labute approximate surface area is 218 Å². The Balaban J connectivity index is -0.000000730. The molecule has 0 saturated heterocycles. The van der Waals surface area contributed by atoms with Gasteiger partial charge in [0, 0.05) is 36.2 Å². The Kier molecular flexibility index (Phi) is 23.9. The molecule has 0 unspecified atom stereocenters. The molecular formula is C25H14BrO5PW. The minimum atomic E-state index is -0.359. The fourth-order valence-corrected chi connectivity index (χ4v) is 6.14. The van der Waals surface area contributed by atoms with E-state index < -0.39 is 0 Å². The summed E-state index contributed by atoms with van der Waals surface area (Å²) >= 11 is 3.73. The van der Waals surface area contributed by atoms with Crippen LogP contribution in [0.5, 0.6) is 0 Å². The van der Waals surface area contributed by atoms with Gasteiger partial charge in [-0.25, -0.2) is 0 Å². The van der Waals surface area contributed by atoms with Crippen LogP contribution in [0.3, 0.4) is 0 Å². The molecule has 1 aliphatic rings. The topological polar surface area (TPSA) is 85.3 Å². The molecule has 1 aliphatic heterocycles. The molecule has 1 heterocycles. The number of hydrogen-bond acceptors (Lipinski definition) is 5. The summed E-state index contributed by atoms with van der Waals surface area (Å²) in [6.45, 7) is 22.5. The molecule has 0 saturated carbocycles. The summed E-state index contributed by atoms with van der Waals surface area (Å²) < 4.78 is 1.21. The van der Waals surface area contributed by atoms with Crippen LogP contribution in [0.1, 0.15) is 11.1 Å². The minimum Gasteiger partial charge on any atom is -0.281 e. The summed E-state index contributed by atoms with van der Waals surface area (Å²) in [5.74, 6) is 0. The average Bonchev–Trinajstić information content (AvgIpc) is 3.67. The summed E-state index contributed by atoms with van der Waals surface area (Å²) in [7, 11) is -0.359. The molecule has 10 radical (unpaired) electrons. The van der Waals surface area contributed by atoms with E-state index in [1.165, 1.54) is 31.5 Å². The van der Waals surface area contributed by atoms with Crippen molar-refractivity contribution in [2.24, 2.45) is 0 Å². The summed E-state index contributed by atoms with van der Waals surface area (Å²) in [6, 6.07) is 30.1. The van der Waals surface area contributed by atoms with Gasteiger partial charge in [-0.15, -0.1) is 0 Å². The first-order chi connectivity index (χ1) is 15.9. The maximum absolute atomic E-state index is 7.50. The average molecular weight is 689 g/mol. The summed E-state index contributed by atoms with van der Waals surface area (Å²) in [5, 5.41) is 4.43. The molecule has 8 heteroatoms. The van der Waals surface area contributed by atoms with E-state index in [1.807, 2.05) is 0 Å². The van der Waals surface area contributed by atoms with Gasteiger partial charge < -0.3 is 0 Å². The normalized spacial score (nSPS) is 10.1. The van der Waals surface area contributed by atoms with Crippen molar-refractivity contribution in [3.8, 4) is 0 Å². The first kappa shape index (κ1) is 34.9. The number of hydrogen-bond donors (Lipinski definition) is 0. The second kappa shape index (κ2) is 22.5. The fourth-order valence-electron chi connectivity index (χ4n) is 2.76. The standard InChI is InChI=1S/C20H14BrP.5CO.W/c21-17-13-7-8-14-18(17)22-19(15-9-3-1-4-10-15)20(22)16-11-5-2-6-12-16;5*1-2;/h1-14H;;;;;;. The van der Waals surface area contributed by atoms with Crippen LogP contribution in [-0.2, 0) is 45.0 Å². The Bertz CT molecular complexity index is 881. The number of benzene rings is 3. The van der Waals surface area contributed by atoms with E-state index in [0.717, 1.165) is 0 Å². The van der Waals surface area contributed by atoms with Gasteiger partial charge in [0.05, 0.1) is 0 Å². The van der Waals surface area contributed by atoms with Crippen molar-refractivity contribution in [1.29, 1.82) is 0 Å². The van der Waals surface area contributed by atoms with Crippen LogP contribution in [0.4, 0.5) is 0 Å². The molecule has 3 aromatic rings. The number of rotatable bonds is 3. The molecule has 0 aromatic heterocycles. The van der Waals surface area contributed by atoms with Crippen molar-refractivity contribution in [3.63, 3.8) is 0 Å². The molecule has 0 fully saturated rings. The second-order valence-corrected chi connectivity index (χ2v) is 8.12. The van der Waals surface area contributed by atoms with Crippen LogP contribution in [0.2, 0.25) is 0 Å². The molecule has 0 atom stereocenters. The molecular weight excluding hydrogens is 675 g/mol.